The Kier molecular flexibility index (Phi) is 5.81. The van der Waals surface area contributed by atoms with Gasteiger partial charge in [0.15, 0.2) is 5.50 Å². The fourth-order valence-corrected chi connectivity index (χ4v) is 4.42. The monoisotopic (exact) mass is 486 g/mol. The number of hydrogen-bond donors (Lipinski definition) is 3. The van der Waals surface area contributed by atoms with Gasteiger partial charge >= 0.3 is 0 Å². The van der Waals surface area contributed by atoms with E-state index < -0.39 is 0 Å². The van der Waals surface area contributed by atoms with Crippen molar-refractivity contribution >= 4 is 63.6 Å². The maximum absolute atomic E-state index is 12.2. The summed E-state index contributed by atoms with van der Waals surface area (Å²) in [5.41, 5.74) is 2.48. The van der Waals surface area contributed by atoms with Crippen LogP contribution in [0.3, 0.4) is 0 Å². The quantitative estimate of drug-likeness (QED) is 0.429. The molecule has 130 valence electrons. The zero-order valence-corrected chi connectivity index (χ0v) is 17.1. The van der Waals surface area contributed by atoms with Crippen LogP contribution >= 0.6 is 46.0 Å². The van der Waals surface area contributed by atoms with Crippen molar-refractivity contribution in [3.63, 3.8) is 0 Å². The average molecular weight is 487 g/mol. The van der Waals surface area contributed by atoms with Crippen LogP contribution in [0.4, 0.5) is 5.69 Å². The van der Waals surface area contributed by atoms with Crippen molar-refractivity contribution < 1.29 is 9.90 Å². The summed E-state index contributed by atoms with van der Waals surface area (Å²) < 4.78 is 0.644. The molecule has 3 N–H and O–H groups in total. The number of anilines is 1. The van der Waals surface area contributed by atoms with Gasteiger partial charge in [0.05, 0.1) is 8.48 Å². The lowest BCUT2D eigenvalue weighted by Crippen LogP contribution is -2.30. The Morgan fingerprint density at radius 2 is 2.08 bits per heavy atom. The molecule has 0 spiro atoms. The van der Waals surface area contributed by atoms with E-state index >= 15 is 0 Å². The number of benzene rings is 2. The predicted molar refractivity (Wildman–Crippen MR) is 113 cm³/mol. The standard InChI is InChI=1S/C18H16ClIN2O2S/c1-2-10-3-5-13(6-4-10)21-18-22-17(24)15(25-18)8-11-7-12(19)9-14(20)16(11)23/h3-9,18,21,23H,2H2,1H3,(H,22,24)/b15-8-/t18-/m1/s1. The molecule has 1 fully saturated rings. The molecular weight excluding hydrogens is 471 g/mol. The van der Waals surface area contributed by atoms with E-state index in [2.05, 4.69) is 29.7 Å². The second kappa shape index (κ2) is 7.88. The molecule has 7 heteroatoms. The third kappa shape index (κ3) is 4.43. The van der Waals surface area contributed by atoms with E-state index in [0.29, 0.717) is 19.1 Å². The summed E-state index contributed by atoms with van der Waals surface area (Å²) in [6.45, 7) is 2.11. The van der Waals surface area contributed by atoms with Crippen molar-refractivity contribution in [1.82, 2.24) is 5.32 Å². The maximum atomic E-state index is 12.2. The first-order chi connectivity index (χ1) is 12.0. The largest absolute Gasteiger partial charge is 0.506 e. The summed E-state index contributed by atoms with van der Waals surface area (Å²) >= 11 is 9.42. The van der Waals surface area contributed by atoms with Gasteiger partial charge in [-0.05, 0) is 64.9 Å². The van der Waals surface area contributed by atoms with Crippen molar-refractivity contribution in [3.05, 3.63) is 61.0 Å². The average Bonchev–Trinajstić information content (AvgIpc) is 2.92. The summed E-state index contributed by atoms with van der Waals surface area (Å²) in [6.07, 6.45) is 2.65. The number of carbonyl (C=O) groups excluding carboxylic acids is 1. The first-order valence-corrected chi connectivity index (χ1v) is 10.0. The smallest absolute Gasteiger partial charge is 0.260 e. The van der Waals surface area contributed by atoms with Crippen molar-refractivity contribution in [1.29, 1.82) is 0 Å². The zero-order valence-electron chi connectivity index (χ0n) is 13.3. The molecule has 3 rings (SSSR count). The summed E-state index contributed by atoms with van der Waals surface area (Å²) in [6, 6.07) is 11.4. The van der Waals surface area contributed by atoms with E-state index in [1.807, 2.05) is 34.7 Å². The number of amides is 1. The third-order valence-electron chi connectivity index (χ3n) is 3.74. The van der Waals surface area contributed by atoms with Gasteiger partial charge < -0.3 is 15.7 Å². The van der Waals surface area contributed by atoms with Gasteiger partial charge in [-0.1, -0.05) is 42.4 Å². The minimum absolute atomic E-state index is 0.123. The van der Waals surface area contributed by atoms with Crippen LogP contribution < -0.4 is 10.6 Å². The van der Waals surface area contributed by atoms with E-state index in [1.165, 1.54) is 17.3 Å². The van der Waals surface area contributed by atoms with Crippen LogP contribution in [0.1, 0.15) is 18.1 Å². The van der Waals surface area contributed by atoms with Crippen molar-refractivity contribution in [2.24, 2.45) is 0 Å². The minimum atomic E-state index is -0.258. The molecule has 1 amide bonds. The van der Waals surface area contributed by atoms with Crippen LogP contribution in [0.5, 0.6) is 5.75 Å². The number of thioether (sulfide) groups is 1. The number of aromatic hydroxyl groups is 1. The van der Waals surface area contributed by atoms with E-state index in [9.17, 15) is 9.90 Å². The second-order valence-electron chi connectivity index (χ2n) is 5.50. The predicted octanol–water partition coefficient (Wildman–Crippen LogP) is 4.81. The number of hydrogen-bond acceptors (Lipinski definition) is 4. The van der Waals surface area contributed by atoms with Crippen molar-refractivity contribution in [2.75, 3.05) is 5.32 Å². The van der Waals surface area contributed by atoms with E-state index in [-0.39, 0.29) is 17.2 Å². The lowest BCUT2D eigenvalue weighted by molar-refractivity contribution is -0.116. The number of rotatable bonds is 4. The molecule has 1 saturated heterocycles. The molecule has 0 saturated carbocycles. The van der Waals surface area contributed by atoms with Crippen molar-refractivity contribution in [2.45, 2.75) is 18.8 Å². The fraction of sp³-hybridized carbons (Fsp3) is 0.167. The molecule has 1 atom stereocenters. The van der Waals surface area contributed by atoms with Gasteiger partial charge in [0.1, 0.15) is 5.75 Å². The molecule has 4 nitrogen and oxygen atoms in total. The van der Waals surface area contributed by atoms with Gasteiger partial charge in [0, 0.05) is 16.3 Å². The Bertz CT molecular complexity index is 840. The molecule has 2 aromatic carbocycles. The van der Waals surface area contributed by atoms with E-state index in [1.54, 1.807) is 18.2 Å². The summed E-state index contributed by atoms with van der Waals surface area (Å²) in [7, 11) is 0. The molecular formula is C18H16ClIN2O2S. The number of carbonyl (C=O) groups is 1. The van der Waals surface area contributed by atoms with Crippen LogP contribution in [0.15, 0.2) is 41.3 Å². The van der Waals surface area contributed by atoms with Crippen LogP contribution in [0.2, 0.25) is 5.02 Å². The van der Waals surface area contributed by atoms with Gasteiger partial charge in [0.25, 0.3) is 5.91 Å². The fourth-order valence-electron chi connectivity index (χ4n) is 2.39. The molecule has 0 aromatic heterocycles. The van der Waals surface area contributed by atoms with Crippen LogP contribution in [0.25, 0.3) is 6.08 Å². The number of halogens is 2. The number of aryl methyl sites for hydroxylation is 1. The first kappa shape index (κ1) is 18.4. The Hall–Kier alpha value is -1.38. The summed E-state index contributed by atoms with van der Waals surface area (Å²) in [4.78, 5) is 12.7. The normalized spacial score (nSPS) is 18.4. The van der Waals surface area contributed by atoms with E-state index in [4.69, 9.17) is 11.6 Å². The van der Waals surface area contributed by atoms with Gasteiger partial charge in [-0.25, -0.2) is 0 Å². The summed E-state index contributed by atoms with van der Waals surface area (Å²) in [5, 5.41) is 16.8. The molecule has 0 unspecified atom stereocenters. The van der Waals surface area contributed by atoms with E-state index in [0.717, 1.165) is 12.1 Å². The summed E-state index contributed by atoms with van der Waals surface area (Å²) in [5.74, 6) is -0.0560. The maximum Gasteiger partial charge on any atom is 0.260 e. The molecule has 1 aliphatic rings. The topological polar surface area (TPSA) is 61.4 Å². The zero-order chi connectivity index (χ0) is 18.0. The van der Waals surface area contributed by atoms with Crippen LogP contribution in [0, 0.1) is 3.57 Å². The molecule has 1 aliphatic heterocycles. The SMILES string of the molecule is CCc1ccc(N[C@@H]2NC(=O)/C(=C/c3cc(Cl)cc(I)c3O)S2)cc1. The number of phenolic OH excluding ortho intramolecular Hbond substituents is 1. The Labute approximate surface area is 169 Å². The lowest BCUT2D eigenvalue weighted by atomic mass is 10.1. The van der Waals surface area contributed by atoms with Crippen LogP contribution in [-0.2, 0) is 11.2 Å². The van der Waals surface area contributed by atoms with Crippen molar-refractivity contribution in [3.8, 4) is 5.75 Å². The highest BCUT2D eigenvalue weighted by molar-refractivity contribution is 14.1. The number of nitrogens with one attached hydrogen (secondary N) is 2. The highest BCUT2D eigenvalue weighted by Crippen LogP contribution is 2.35. The Balaban J connectivity index is 1.76. The first-order valence-electron chi connectivity index (χ1n) is 7.69. The second-order valence-corrected chi connectivity index (χ2v) is 8.25. The molecule has 1 heterocycles. The van der Waals surface area contributed by atoms with Gasteiger partial charge in [-0.3, -0.25) is 4.79 Å². The number of phenols is 1. The highest BCUT2D eigenvalue weighted by atomic mass is 127. The van der Waals surface area contributed by atoms with Gasteiger partial charge in [0.2, 0.25) is 0 Å². The van der Waals surface area contributed by atoms with Crippen LogP contribution in [-0.4, -0.2) is 16.5 Å². The lowest BCUT2D eigenvalue weighted by Gasteiger charge is -2.12. The van der Waals surface area contributed by atoms with Gasteiger partial charge in [-0.15, -0.1) is 0 Å². The molecule has 0 bridgehead atoms. The molecule has 25 heavy (non-hydrogen) atoms. The minimum Gasteiger partial charge on any atom is -0.506 e. The molecule has 2 aromatic rings. The van der Waals surface area contributed by atoms with Gasteiger partial charge in [-0.2, -0.15) is 0 Å². The highest BCUT2D eigenvalue weighted by Gasteiger charge is 2.27. The third-order valence-corrected chi connectivity index (χ3v) is 5.80. The Morgan fingerprint density at radius 3 is 2.76 bits per heavy atom. The Morgan fingerprint density at radius 1 is 1.36 bits per heavy atom. The molecule has 0 radical (unpaired) electrons. The molecule has 0 aliphatic carbocycles.